The van der Waals surface area contributed by atoms with Gasteiger partial charge in [0, 0.05) is 49.7 Å². The van der Waals surface area contributed by atoms with Crippen molar-refractivity contribution in [3.8, 4) is 0 Å². The maximum atomic E-state index is 4.56. The van der Waals surface area contributed by atoms with E-state index >= 15 is 0 Å². The van der Waals surface area contributed by atoms with Crippen molar-refractivity contribution in [1.29, 1.82) is 0 Å². The molecule has 1 saturated heterocycles. The van der Waals surface area contributed by atoms with E-state index in [4.69, 9.17) is 0 Å². The van der Waals surface area contributed by atoms with E-state index in [0.717, 1.165) is 50.7 Å². The summed E-state index contributed by atoms with van der Waals surface area (Å²) in [4.78, 5) is 7.04. The van der Waals surface area contributed by atoms with Gasteiger partial charge in [0.1, 0.15) is 5.82 Å². The number of aryl methyl sites for hydroxylation is 1. The highest BCUT2D eigenvalue weighted by Gasteiger charge is 2.21. The highest BCUT2D eigenvalue weighted by atomic mass is 15.2. The smallest absolute Gasteiger partial charge is 0.131 e. The Labute approximate surface area is 96.1 Å². The van der Waals surface area contributed by atoms with E-state index in [-0.39, 0.29) is 0 Å². The molecule has 2 aliphatic rings. The summed E-state index contributed by atoms with van der Waals surface area (Å²) in [6.45, 7) is 7.50. The van der Waals surface area contributed by atoms with Gasteiger partial charge in [-0.3, -0.25) is 0 Å². The van der Waals surface area contributed by atoms with Crippen molar-refractivity contribution in [1.82, 2.24) is 10.3 Å². The van der Waals surface area contributed by atoms with Crippen LogP contribution in [0.3, 0.4) is 0 Å². The summed E-state index contributed by atoms with van der Waals surface area (Å²) in [5.74, 6) is 1.11. The Bertz CT molecular complexity index is 396. The first-order valence-electron chi connectivity index (χ1n) is 6.04. The summed E-state index contributed by atoms with van der Waals surface area (Å²) >= 11 is 0. The van der Waals surface area contributed by atoms with Gasteiger partial charge in [0.15, 0.2) is 0 Å². The number of nitrogens with one attached hydrogen (secondary N) is 2. The number of aromatic nitrogens is 1. The molecule has 0 unspecified atom stereocenters. The van der Waals surface area contributed by atoms with Crippen LogP contribution in [0, 0.1) is 6.92 Å². The molecular weight excluding hydrogens is 200 g/mol. The predicted octanol–water partition coefficient (Wildman–Crippen LogP) is 0.768. The Morgan fingerprint density at radius 1 is 1.25 bits per heavy atom. The third kappa shape index (κ3) is 1.63. The van der Waals surface area contributed by atoms with Crippen LogP contribution >= 0.6 is 0 Å². The molecule has 1 aromatic rings. The average molecular weight is 218 g/mol. The lowest BCUT2D eigenvalue weighted by Gasteiger charge is -2.31. The molecule has 2 aliphatic heterocycles. The van der Waals surface area contributed by atoms with Gasteiger partial charge in [-0.15, -0.1) is 0 Å². The fourth-order valence-electron chi connectivity index (χ4n) is 2.57. The lowest BCUT2D eigenvalue weighted by Crippen LogP contribution is -2.43. The molecule has 0 amide bonds. The van der Waals surface area contributed by atoms with Crippen LogP contribution in [0.5, 0.6) is 0 Å². The number of piperazine rings is 1. The van der Waals surface area contributed by atoms with Gasteiger partial charge in [0.2, 0.25) is 0 Å². The fraction of sp³-hybridized carbons (Fsp3) is 0.583. The maximum Gasteiger partial charge on any atom is 0.131 e. The second-order valence-corrected chi connectivity index (χ2v) is 4.52. The first-order chi connectivity index (χ1) is 7.84. The van der Waals surface area contributed by atoms with Crippen LogP contribution in [0.25, 0.3) is 0 Å². The summed E-state index contributed by atoms with van der Waals surface area (Å²) in [5.41, 5.74) is 3.92. The van der Waals surface area contributed by atoms with E-state index < -0.39 is 0 Å². The van der Waals surface area contributed by atoms with Crippen molar-refractivity contribution in [2.24, 2.45) is 0 Å². The normalized spacial score (nSPS) is 19.4. The van der Waals surface area contributed by atoms with E-state index in [0.29, 0.717) is 0 Å². The van der Waals surface area contributed by atoms with Gasteiger partial charge in [-0.05, 0) is 19.4 Å². The highest BCUT2D eigenvalue weighted by molar-refractivity contribution is 5.67. The summed E-state index contributed by atoms with van der Waals surface area (Å²) in [7, 11) is 0. The number of anilines is 2. The number of rotatable bonds is 1. The van der Waals surface area contributed by atoms with Crippen LogP contribution in [-0.2, 0) is 6.42 Å². The SMILES string of the molecule is Cc1cc(N2CCNCC2)c2c(n1)NCC2. The van der Waals surface area contributed by atoms with E-state index in [1.165, 1.54) is 11.3 Å². The molecule has 0 atom stereocenters. The minimum atomic E-state index is 1.03. The topological polar surface area (TPSA) is 40.2 Å². The standard InChI is InChI=1S/C12H18N4/c1-9-8-11(16-6-4-13-5-7-16)10-2-3-14-12(10)15-9/h8,13H,2-7H2,1H3,(H,14,15). The molecule has 0 spiro atoms. The molecule has 3 heterocycles. The molecule has 1 fully saturated rings. The van der Waals surface area contributed by atoms with E-state index in [1.54, 1.807) is 0 Å². The van der Waals surface area contributed by atoms with Crippen LogP contribution in [-0.4, -0.2) is 37.7 Å². The number of hydrogen-bond donors (Lipinski definition) is 2. The molecular formula is C12H18N4. The van der Waals surface area contributed by atoms with Gasteiger partial charge in [-0.25, -0.2) is 4.98 Å². The quantitative estimate of drug-likeness (QED) is 0.730. The number of hydrogen-bond acceptors (Lipinski definition) is 4. The molecule has 2 N–H and O–H groups in total. The Morgan fingerprint density at radius 3 is 2.88 bits per heavy atom. The number of pyridine rings is 1. The Balaban J connectivity index is 1.99. The summed E-state index contributed by atoms with van der Waals surface area (Å²) in [6, 6.07) is 2.23. The molecule has 4 nitrogen and oxygen atoms in total. The van der Waals surface area contributed by atoms with E-state index in [2.05, 4.69) is 33.5 Å². The fourth-order valence-corrected chi connectivity index (χ4v) is 2.57. The average Bonchev–Trinajstić information content (AvgIpc) is 2.77. The van der Waals surface area contributed by atoms with Crippen molar-refractivity contribution in [2.45, 2.75) is 13.3 Å². The summed E-state index contributed by atoms with van der Waals surface area (Å²) in [6.07, 6.45) is 1.11. The zero-order valence-electron chi connectivity index (χ0n) is 9.71. The molecule has 0 saturated carbocycles. The minimum absolute atomic E-state index is 1.03. The van der Waals surface area contributed by atoms with Gasteiger partial charge in [-0.2, -0.15) is 0 Å². The number of fused-ring (bicyclic) bond motifs is 1. The van der Waals surface area contributed by atoms with Gasteiger partial charge >= 0.3 is 0 Å². The largest absolute Gasteiger partial charge is 0.369 e. The van der Waals surface area contributed by atoms with Crippen LogP contribution in [0.4, 0.5) is 11.5 Å². The van der Waals surface area contributed by atoms with Gasteiger partial charge in [0.05, 0.1) is 0 Å². The third-order valence-electron chi connectivity index (χ3n) is 3.35. The molecule has 0 radical (unpaired) electrons. The Kier molecular flexibility index (Phi) is 2.44. The second-order valence-electron chi connectivity index (χ2n) is 4.52. The first kappa shape index (κ1) is 9.90. The van der Waals surface area contributed by atoms with Crippen LogP contribution < -0.4 is 15.5 Å². The van der Waals surface area contributed by atoms with Gasteiger partial charge < -0.3 is 15.5 Å². The first-order valence-corrected chi connectivity index (χ1v) is 6.04. The molecule has 86 valence electrons. The molecule has 1 aromatic heterocycles. The molecule has 4 heteroatoms. The van der Waals surface area contributed by atoms with Gasteiger partial charge in [0.25, 0.3) is 0 Å². The van der Waals surface area contributed by atoms with Crippen molar-refractivity contribution >= 4 is 11.5 Å². The van der Waals surface area contributed by atoms with Crippen LogP contribution in [0.1, 0.15) is 11.3 Å². The molecule has 16 heavy (non-hydrogen) atoms. The Morgan fingerprint density at radius 2 is 2.06 bits per heavy atom. The Hall–Kier alpha value is -1.29. The van der Waals surface area contributed by atoms with Crippen molar-refractivity contribution in [3.63, 3.8) is 0 Å². The van der Waals surface area contributed by atoms with E-state index in [9.17, 15) is 0 Å². The predicted molar refractivity (Wildman–Crippen MR) is 66.3 cm³/mol. The van der Waals surface area contributed by atoms with E-state index in [1.807, 2.05) is 0 Å². The second kappa shape index (κ2) is 3.94. The lowest BCUT2D eigenvalue weighted by atomic mass is 10.1. The van der Waals surface area contributed by atoms with Crippen LogP contribution in [0.15, 0.2) is 6.07 Å². The highest BCUT2D eigenvalue weighted by Crippen LogP contribution is 2.31. The minimum Gasteiger partial charge on any atom is -0.369 e. The molecule has 0 aromatic carbocycles. The summed E-state index contributed by atoms with van der Waals surface area (Å²) in [5, 5.41) is 6.76. The zero-order valence-corrected chi connectivity index (χ0v) is 9.71. The molecule has 0 bridgehead atoms. The monoisotopic (exact) mass is 218 g/mol. The third-order valence-corrected chi connectivity index (χ3v) is 3.35. The van der Waals surface area contributed by atoms with Crippen molar-refractivity contribution in [3.05, 3.63) is 17.3 Å². The molecule has 0 aliphatic carbocycles. The van der Waals surface area contributed by atoms with Crippen molar-refractivity contribution in [2.75, 3.05) is 42.9 Å². The van der Waals surface area contributed by atoms with Crippen molar-refractivity contribution < 1.29 is 0 Å². The maximum absolute atomic E-state index is 4.56. The number of nitrogens with zero attached hydrogens (tertiary/aromatic N) is 2. The summed E-state index contributed by atoms with van der Waals surface area (Å²) < 4.78 is 0. The molecule has 3 rings (SSSR count). The van der Waals surface area contributed by atoms with Gasteiger partial charge in [-0.1, -0.05) is 0 Å². The lowest BCUT2D eigenvalue weighted by molar-refractivity contribution is 0.588. The van der Waals surface area contributed by atoms with Crippen LogP contribution in [0.2, 0.25) is 0 Å². The zero-order chi connectivity index (χ0) is 11.0.